The predicted molar refractivity (Wildman–Crippen MR) is 36.6 cm³/mol. The minimum Gasteiger partial charge on any atom is -0.396 e. The van der Waals surface area contributed by atoms with E-state index in [4.69, 9.17) is 9.63 Å². The summed E-state index contributed by atoms with van der Waals surface area (Å²) in [5.41, 5.74) is 1.09. The van der Waals surface area contributed by atoms with E-state index in [0.29, 0.717) is 0 Å². The number of aromatic nitrogens is 1. The molecule has 0 aliphatic rings. The zero-order chi connectivity index (χ0) is 7.40. The Kier molecular flexibility index (Phi) is 2.45. The number of nitrogens with zero attached hydrogens (tertiary/aromatic N) is 1. The zero-order valence-corrected chi connectivity index (χ0v) is 6.00. The molecule has 1 aromatic rings. The van der Waals surface area contributed by atoms with Crippen LogP contribution in [0, 0.1) is 6.92 Å². The molecule has 56 valence electrons. The van der Waals surface area contributed by atoms with Crippen LogP contribution in [0.1, 0.15) is 17.7 Å². The Morgan fingerprint density at radius 2 is 2.50 bits per heavy atom. The number of aliphatic hydroxyl groups excluding tert-OH is 1. The first kappa shape index (κ1) is 7.28. The maximum absolute atomic E-state index is 8.50. The molecule has 0 fully saturated rings. The van der Waals surface area contributed by atoms with Gasteiger partial charge in [0.25, 0.3) is 0 Å². The zero-order valence-electron chi connectivity index (χ0n) is 6.00. The molecule has 0 aromatic carbocycles. The average molecular weight is 141 g/mol. The van der Waals surface area contributed by atoms with E-state index in [2.05, 4.69) is 5.16 Å². The van der Waals surface area contributed by atoms with E-state index in [1.165, 1.54) is 0 Å². The van der Waals surface area contributed by atoms with E-state index >= 15 is 0 Å². The third-order valence-electron chi connectivity index (χ3n) is 1.45. The summed E-state index contributed by atoms with van der Waals surface area (Å²) in [7, 11) is 0. The fraction of sp³-hybridized carbons (Fsp3) is 0.571. The normalized spacial score (nSPS) is 10.2. The van der Waals surface area contributed by atoms with Gasteiger partial charge in [-0.2, -0.15) is 0 Å². The highest BCUT2D eigenvalue weighted by molar-refractivity contribution is 5.11. The van der Waals surface area contributed by atoms with Gasteiger partial charge in [0.1, 0.15) is 5.76 Å². The van der Waals surface area contributed by atoms with Gasteiger partial charge in [-0.15, -0.1) is 0 Å². The molecule has 0 unspecified atom stereocenters. The summed E-state index contributed by atoms with van der Waals surface area (Å²) in [6.07, 6.45) is 3.33. The molecule has 1 aromatic heterocycles. The standard InChI is InChI=1S/C7H11NO2/c1-6-7(3-2-4-9)5-8-10-6/h5,9H,2-4H2,1H3. The lowest BCUT2D eigenvalue weighted by molar-refractivity contribution is 0.288. The van der Waals surface area contributed by atoms with Crippen LogP contribution in [-0.2, 0) is 6.42 Å². The van der Waals surface area contributed by atoms with Crippen LogP contribution in [0.25, 0.3) is 0 Å². The summed E-state index contributed by atoms with van der Waals surface area (Å²) in [4.78, 5) is 0. The number of hydrogen-bond acceptors (Lipinski definition) is 3. The first-order valence-electron chi connectivity index (χ1n) is 3.35. The van der Waals surface area contributed by atoms with Crippen LogP contribution < -0.4 is 0 Å². The lowest BCUT2D eigenvalue weighted by Crippen LogP contribution is -1.88. The Bertz CT molecular complexity index is 195. The highest BCUT2D eigenvalue weighted by atomic mass is 16.5. The van der Waals surface area contributed by atoms with Crippen LogP contribution in [-0.4, -0.2) is 16.9 Å². The van der Waals surface area contributed by atoms with Gasteiger partial charge >= 0.3 is 0 Å². The minimum absolute atomic E-state index is 0.227. The van der Waals surface area contributed by atoms with Crippen molar-refractivity contribution in [3.63, 3.8) is 0 Å². The topological polar surface area (TPSA) is 46.3 Å². The van der Waals surface area contributed by atoms with Crippen LogP contribution in [0.5, 0.6) is 0 Å². The van der Waals surface area contributed by atoms with Crippen molar-refractivity contribution < 1.29 is 9.63 Å². The van der Waals surface area contributed by atoms with Gasteiger partial charge in [0, 0.05) is 12.2 Å². The minimum atomic E-state index is 0.227. The van der Waals surface area contributed by atoms with Crippen molar-refractivity contribution in [2.45, 2.75) is 19.8 Å². The fourth-order valence-corrected chi connectivity index (χ4v) is 0.829. The lowest BCUT2D eigenvalue weighted by Gasteiger charge is -1.92. The molecule has 1 N–H and O–H groups in total. The molecule has 0 bridgehead atoms. The van der Waals surface area contributed by atoms with E-state index in [1.807, 2.05) is 6.92 Å². The highest BCUT2D eigenvalue weighted by Crippen LogP contribution is 2.07. The summed E-state index contributed by atoms with van der Waals surface area (Å²) in [6, 6.07) is 0. The van der Waals surface area contributed by atoms with Crippen molar-refractivity contribution in [3.05, 3.63) is 17.5 Å². The van der Waals surface area contributed by atoms with Crippen molar-refractivity contribution in [1.29, 1.82) is 0 Å². The van der Waals surface area contributed by atoms with Gasteiger partial charge in [0.15, 0.2) is 0 Å². The van der Waals surface area contributed by atoms with Crippen molar-refractivity contribution in [2.24, 2.45) is 0 Å². The molecule has 10 heavy (non-hydrogen) atoms. The molecule has 0 aliphatic carbocycles. The summed E-state index contributed by atoms with van der Waals surface area (Å²) in [5.74, 6) is 0.855. The molecule has 1 heterocycles. The third-order valence-corrected chi connectivity index (χ3v) is 1.45. The Labute approximate surface area is 59.7 Å². The first-order chi connectivity index (χ1) is 4.84. The molecule has 3 heteroatoms. The van der Waals surface area contributed by atoms with Crippen LogP contribution >= 0.6 is 0 Å². The Morgan fingerprint density at radius 3 is 3.00 bits per heavy atom. The Hall–Kier alpha value is -0.830. The monoisotopic (exact) mass is 141 g/mol. The number of aliphatic hydroxyl groups is 1. The van der Waals surface area contributed by atoms with Crippen molar-refractivity contribution >= 4 is 0 Å². The van der Waals surface area contributed by atoms with E-state index in [1.54, 1.807) is 6.20 Å². The lowest BCUT2D eigenvalue weighted by atomic mass is 10.1. The van der Waals surface area contributed by atoms with Crippen LogP contribution in [0.4, 0.5) is 0 Å². The van der Waals surface area contributed by atoms with E-state index in [9.17, 15) is 0 Å². The van der Waals surface area contributed by atoms with E-state index in [-0.39, 0.29) is 6.61 Å². The summed E-state index contributed by atoms with van der Waals surface area (Å²) >= 11 is 0. The van der Waals surface area contributed by atoms with Gasteiger partial charge in [0.2, 0.25) is 0 Å². The van der Waals surface area contributed by atoms with Crippen LogP contribution in [0.15, 0.2) is 10.7 Å². The van der Waals surface area contributed by atoms with Gasteiger partial charge in [0.05, 0.1) is 6.20 Å². The largest absolute Gasteiger partial charge is 0.396 e. The highest BCUT2D eigenvalue weighted by Gasteiger charge is 2.00. The molecule has 0 aliphatic heterocycles. The molecule has 0 amide bonds. The molecule has 0 radical (unpaired) electrons. The summed E-state index contributed by atoms with van der Waals surface area (Å²) in [6.45, 7) is 2.10. The first-order valence-corrected chi connectivity index (χ1v) is 3.35. The maximum Gasteiger partial charge on any atom is 0.136 e. The second-order valence-electron chi connectivity index (χ2n) is 2.23. The molecular formula is C7H11NO2. The third kappa shape index (κ3) is 1.57. The number of aryl methyl sites for hydroxylation is 2. The average Bonchev–Trinajstić information content (AvgIpc) is 2.31. The van der Waals surface area contributed by atoms with Gasteiger partial charge in [-0.05, 0) is 19.8 Å². The van der Waals surface area contributed by atoms with Gasteiger partial charge < -0.3 is 9.63 Å². The maximum atomic E-state index is 8.50. The molecule has 0 saturated heterocycles. The molecule has 0 spiro atoms. The molecule has 3 nitrogen and oxygen atoms in total. The Morgan fingerprint density at radius 1 is 1.70 bits per heavy atom. The number of rotatable bonds is 3. The Balaban J connectivity index is 2.49. The van der Waals surface area contributed by atoms with Crippen molar-refractivity contribution in [1.82, 2.24) is 5.16 Å². The van der Waals surface area contributed by atoms with Crippen LogP contribution in [0.3, 0.4) is 0 Å². The quantitative estimate of drug-likeness (QED) is 0.680. The SMILES string of the molecule is Cc1oncc1CCCO. The van der Waals surface area contributed by atoms with Crippen LogP contribution in [0.2, 0.25) is 0 Å². The van der Waals surface area contributed by atoms with Crippen molar-refractivity contribution in [2.75, 3.05) is 6.61 Å². The van der Waals surface area contributed by atoms with E-state index < -0.39 is 0 Å². The molecular weight excluding hydrogens is 130 g/mol. The smallest absolute Gasteiger partial charge is 0.136 e. The van der Waals surface area contributed by atoms with E-state index in [0.717, 1.165) is 24.2 Å². The summed E-state index contributed by atoms with van der Waals surface area (Å²) < 4.78 is 4.83. The number of hydrogen-bond donors (Lipinski definition) is 1. The predicted octanol–water partition coefficient (Wildman–Crippen LogP) is 0.908. The molecule has 1 rings (SSSR count). The van der Waals surface area contributed by atoms with Gasteiger partial charge in [-0.3, -0.25) is 0 Å². The van der Waals surface area contributed by atoms with Gasteiger partial charge in [-0.1, -0.05) is 5.16 Å². The second-order valence-corrected chi connectivity index (χ2v) is 2.23. The second kappa shape index (κ2) is 3.37. The van der Waals surface area contributed by atoms with Crippen molar-refractivity contribution in [3.8, 4) is 0 Å². The molecule has 0 saturated carbocycles. The summed E-state index contributed by atoms with van der Waals surface area (Å²) in [5, 5.41) is 12.1. The van der Waals surface area contributed by atoms with Gasteiger partial charge in [-0.25, -0.2) is 0 Å². The fourth-order valence-electron chi connectivity index (χ4n) is 0.829. The molecule has 0 atom stereocenters.